The van der Waals surface area contributed by atoms with Gasteiger partial charge in [-0.25, -0.2) is 0 Å². The lowest BCUT2D eigenvalue weighted by atomic mass is 9.80. The number of halogens is 4. The van der Waals surface area contributed by atoms with Gasteiger partial charge < -0.3 is 10.6 Å². The number of piperidine rings is 1. The molecule has 3 atom stereocenters. The van der Waals surface area contributed by atoms with E-state index in [2.05, 4.69) is 10.6 Å². The summed E-state index contributed by atoms with van der Waals surface area (Å²) in [5.74, 6) is -1.36. The molecule has 7 heteroatoms. The third-order valence-corrected chi connectivity index (χ3v) is 4.62. The van der Waals surface area contributed by atoms with Crippen LogP contribution < -0.4 is 10.6 Å². The summed E-state index contributed by atoms with van der Waals surface area (Å²) in [6, 6.07) is -0.332. The van der Waals surface area contributed by atoms with Gasteiger partial charge in [-0.2, -0.15) is 13.2 Å². The van der Waals surface area contributed by atoms with Gasteiger partial charge in [-0.3, -0.25) is 4.79 Å². The van der Waals surface area contributed by atoms with Crippen molar-refractivity contribution in [2.75, 3.05) is 13.1 Å². The first-order valence-corrected chi connectivity index (χ1v) is 7.40. The van der Waals surface area contributed by atoms with E-state index in [9.17, 15) is 18.0 Å². The van der Waals surface area contributed by atoms with Crippen LogP contribution in [-0.2, 0) is 4.79 Å². The van der Waals surface area contributed by atoms with E-state index in [4.69, 9.17) is 0 Å². The lowest BCUT2D eigenvalue weighted by Crippen LogP contribution is -2.52. The monoisotopic (exact) mass is 328 g/mol. The van der Waals surface area contributed by atoms with E-state index in [1.807, 2.05) is 6.92 Å². The molecule has 21 heavy (non-hydrogen) atoms. The van der Waals surface area contributed by atoms with Gasteiger partial charge in [-0.05, 0) is 45.6 Å². The quantitative estimate of drug-likeness (QED) is 0.818. The van der Waals surface area contributed by atoms with Crippen LogP contribution in [0, 0.1) is 11.3 Å². The van der Waals surface area contributed by atoms with Gasteiger partial charge in [0.1, 0.15) is 0 Å². The van der Waals surface area contributed by atoms with Crippen molar-refractivity contribution >= 4 is 18.3 Å². The summed E-state index contributed by atoms with van der Waals surface area (Å²) >= 11 is 0. The number of carbonyl (C=O) groups is 1. The Morgan fingerprint density at radius 1 is 1.29 bits per heavy atom. The van der Waals surface area contributed by atoms with Gasteiger partial charge in [0.15, 0.2) is 0 Å². The van der Waals surface area contributed by atoms with Crippen molar-refractivity contribution in [3.63, 3.8) is 0 Å². The first kappa shape index (κ1) is 18.6. The molecule has 3 nitrogen and oxygen atoms in total. The fourth-order valence-corrected chi connectivity index (χ4v) is 3.23. The number of alkyl halides is 3. The van der Waals surface area contributed by atoms with E-state index in [-0.39, 0.29) is 37.2 Å². The zero-order valence-corrected chi connectivity index (χ0v) is 13.1. The number of amides is 1. The molecule has 0 aromatic heterocycles. The second-order valence-corrected chi connectivity index (χ2v) is 6.42. The van der Waals surface area contributed by atoms with Crippen LogP contribution in [-0.4, -0.2) is 31.2 Å². The summed E-state index contributed by atoms with van der Waals surface area (Å²) in [6.07, 6.45) is -1.01. The highest BCUT2D eigenvalue weighted by molar-refractivity contribution is 5.85. The molecule has 1 amide bonds. The van der Waals surface area contributed by atoms with Gasteiger partial charge in [0.05, 0.1) is 11.3 Å². The molecule has 2 aliphatic rings. The van der Waals surface area contributed by atoms with E-state index in [1.165, 1.54) is 0 Å². The Balaban J connectivity index is 0.00000220. The summed E-state index contributed by atoms with van der Waals surface area (Å²) in [4.78, 5) is 12.3. The average Bonchev–Trinajstić information content (AvgIpc) is 2.39. The summed E-state index contributed by atoms with van der Waals surface area (Å²) in [5, 5.41) is 6.04. The minimum atomic E-state index is -4.14. The molecule has 0 radical (unpaired) electrons. The normalized spacial score (nSPS) is 33.9. The Hall–Kier alpha value is -0.490. The van der Waals surface area contributed by atoms with Gasteiger partial charge in [0.2, 0.25) is 5.91 Å². The van der Waals surface area contributed by atoms with Crippen molar-refractivity contribution in [3.8, 4) is 0 Å². The number of rotatable bonds is 2. The van der Waals surface area contributed by atoms with Crippen LogP contribution in [0.15, 0.2) is 0 Å². The van der Waals surface area contributed by atoms with Gasteiger partial charge in [-0.1, -0.05) is 6.42 Å². The van der Waals surface area contributed by atoms with Crippen LogP contribution >= 0.6 is 12.4 Å². The fourth-order valence-electron chi connectivity index (χ4n) is 3.23. The first-order chi connectivity index (χ1) is 9.31. The van der Waals surface area contributed by atoms with E-state index >= 15 is 0 Å². The van der Waals surface area contributed by atoms with Crippen LogP contribution in [0.5, 0.6) is 0 Å². The zero-order chi connectivity index (χ0) is 14.8. The maximum absolute atomic E-state index is 12.8. The molecule has 2 rings (SSSR count). The van der Waals surface area contributed by atoms with Crippen molar-refractivity contribution in [2.45, 2.75) is 57.7 Å². The maximum Gasteiger partial charge on any atom is 0.391 e. The summed E-state index contributed by atoms with van der Waals surface area (Å²) < 4.78 is 38.3. The number of carbonyl (C=O) groups excluding carboxylic acids is 1. The fraction of sp³-hybridized carbons (Fsp3) is 0.929. The second kappa shape index (κ2) is 7.18. The SMILES string of the molecule is CC1(C(=O)NC2CCCC(C(F)(F)F)C2)CCCNC1.Cl. The molecule has 0 aromatic rings. The predicted molar refractivity (Wildman–Crippen MR) is 77.4 cm³/mol. The Morgan fingerprint density at radius 3 is 2.57 bits per heavy atom. The van der Waals surface area contributed by atoms with Crippen molar-refractivity contribution < 1.29 is 18.0 Å². The molecule has 1 aliphatic heterocycles. The van der Waals surface area contributed by atoms with Gasteiger partial charge in [0, 0.05) is 12.6 Å². The molecule has 3 unspecified atom stereocenters. The van der Waals surface area contributed by atoms with Crippen LogP contribution in [0.25, 0.3) is 0 Å². The molecular weight excluding hydrogens is 305 g/mol. The number of nitrogens with one attached hydrogen (secondary N) is 2. The van der Waals surface area contributed by atoms with E-state index in [0.29, 0.717) is 19.4 Å². The van der Waals surface area contributed by atoms with Crippen molar-refractivity contribution in [3.05, 3.63) is 0 Å². The molecule has 1 saturated carbocycles. The molecule has 0 spiro atoms. The summed E-state index contributed by atoms with van der Waals surface area (Å²) in [5.41, 5.74) is -0.483. The highest BCUT2D eigenvalue weighted by Crippen LogP contribution is 2.38. The van der Waals surface area contributed by atoms with Crippen LogP contribution in [0.4, 0.5) is 13.2 Å². The maximum atomic E-state index is 12.8. The van der Waals surface area contributed by atoms with Gasteiger partial charge in [0.25, 0.3) is 0 Å². The van der Waals surface area contributed by atoms with Crippen molar-refractivity contribution in [1.82, 2.24) is 10.6 Å². The highest BCUT2D eigenvalue weighted by atomic mass is 35.5. The Kier molecular flexibility index (Phi) is 6.35. The second-order valence-electron chi connectivity index (χ2n) is 6.42. The number of hydrogen-bond donors (Lipinski definition) is 2. The molecule has 1 saturated heterocycles. The average molecular weight is 329 g/mol. The van der Waals surface area contributed by atoms with Crippen LogP contribution in [0.3, 0.4) is 0 Å². The largest absolute Gasteiger partial charge is 0.391 e. The summed E-state index contributed by atoms with van der Waals surface area (Å²) in [7, 11) is 0. The van der Waals surface area contributed by atoms with E-state index in [0.717, 1.165) is 19.4 Å². The predicted octanol–water partition coefficient (Wildman–Crippen LogP) is 3.04. The standard InChI is InChI=1S/C14H23F3N2O.ClH/c1-13(6-3-7-18-9-13)12(20)19-11-5-2-4-10(8-11)14(15,16)17;/h10-11,18H,2-9H2,1H3,(H,19,20);1H. The minimum absolute atomic E-state index is 0. The molecular formula is C14H24ClF3N2O. The lowest BCUT2D eigenvalue weighted by Gasteiger charge is -2.36. The molecule has 1 heterocycles. The molecule has 2 N–H and O–H groups in total. The molecule has 124 valence electrons. The van der Waals surface area contributed by atoms with E-state index in [1.54, 1.807) is 0 Å². The topological polar surface area (TPSA) is 41.1 Å². The number of hydrogen-bond acceptors (Lipinski definition) is 2. The van der Waals surface area contributed by atoms with Crippen LogP contribution in [0.2, 0.25) is 0 Å². The minimum Gasteiger partial charge on any atom is -0.353 e. The Bertz CT molecular complexity index is 357. The van der Waals surface area contributed by atoms with Crippen molar-refractivity contribution in [1.29, 1.82) is 0 Å². The van der Waals surface area contributed by atoms with Crippen molar-refractivity contribution in [2.24, 2.45) is 11.3 Å². The molecule has 1 aliphatic carbocycles. The third-order valence-electron chi connectivity index (χ3n) is 4.62. The Labute approximate surface area is 129 Å². The first-order valence-electron chi connectivity index (χ1n) is 7.40. The van der Waals surface area contributed by atoms with Crippen LogP contribution in [0.1, 0.15) is 45.4 Å². The molecule has 0 aromatic carbocycles. The van der Waals surface area contributed by atoms with Gasteiger partial charge in [-0.15, -0.1) is 12.4 Å². The smallest absolute Gasteiger partial charge is 0.353 e. The van der Waals surface area contributed by atoms with E-state index < -0.39 is 17.5 Å². The molecule has 2 fully saturated rings. The molecule has 0 bridgehead atoms. The third kappa shape index (κ3) is 4.74. The summed E-state index contributed by atoms with van der Waals surface area (Å²) in [6.45, 7) is 3.40. The zero-order valence-electron chi connectivity index (χ0n) is 12.3. The highest BCUT2D eigenvalue weighted by Gasteiger charge is 2.43. The lowest BCUT2D eigenvalue weighted by molar-refractivity contribution is -0.184. The van der Waals surface area contributed by atoms with Gasteiger partial charge >= 0.3 is 6.18 Å². The Morgan fingerprint density at radius 2 is 2.00 bits per heavy atom.